The zero-order chi connectivity index (χ0) is 53.1. The van der Waals surface area contributed by atoms with Crippen LogP contribution in [0.15, 0.2) is 24.8 Å². The number of likely N-dealkylation sites (N-methyl/N-ethyl adjacent to an activating group) is 2. The second kappa shape index (κ2) is 48.6. The molecule has 4 N–H and O–H groups in total. The van der Waals surface area contributed by atoms with Crippen molar-refractivity contribution in [2.24, 2.45) is 0 Å². The van der Waals surface area contributed by atoms with Gasteiger partial charge in [0, 0.05) is 39.8 Å². The van der Waals surface area contributed by atoms with Gasteiger partial charge in [0.15, 0.2) is 13.1 Å². The Hall–Kier alpha value is -3.28. The van der Waals surface area contributed by atoms with Gasteiger partial charge in [-0.25, -0.2) is 9.59 Å². The van der Waals surface area contributed by atoms with Crippen LogP contribution in [0.25, 0.3) is 0 Å². The molecule has 0 aliphatic rings. The molecular weight excluding hydrogens is 968 g/mol. The number of halogens is 2. The molecule has 4 unspecified atom stereocenters. The number of amides is 2. The van der Waals surface area contributed by atoms with E-state index in [0.29, 0.717) is 73.7 Å². The summed E-state index contributed by atoms with van der Waals surface area (Å²) < 4.78 is 21.9. The van der Waals surface area contributed by atoms with Gasteiger partial charge in [0.05, 0.1) is 40.4 Å². The van der Waals surface area contributed by atoms with Crippen LogP contribution in [0, 0.1) is 0 Å². The predicted molar refractivity (Wildman–Crippen MR) is 277 cm³/mol. The number of carbonyl (C=O) groups excluding carboxylic acids is 6. The summed E-state index contributed by atoms with van der Waals surface area (Å²) in [6.07, 6.45) is 24.0. The molecule has 0 spiro atoms. The summed E-state index contributed by atoms with van der Waals surface area (Å²) in [6.45, 7) is 15.5. The molecule has 0 saturated carbocycles. The smallest absolute Gasteiger partial charge is 0.362 e. The topological polar surface area (TPSA) is 204 Å². The second-order valence-corrected chi connectivity index (χ2v) is 19.9. The number of esters is 4. The number of hydrogen-bond donors (Lipinski definition) is 4. The lowest BCUT2D eigenvalue weighted by Crippen LogP contribution is -3.00. The van der Waals surface area contributed by atoms with Crippen molar-refractivity contribution in [1.29, 1.82) is 0 Å². The lowest BCUT2D eigenvalue weighted by Gasteiger charge is -2.30. The summed E-state index contributed by atoms with van der Waals surface area (Å²) >= 11 is 0. The van der Waals surface area contributed by atoms with E-state index in [1.54, 1.807) is 6.08 Å². The molecule has 4 atom stereocenters. The van der Waals surface area contributed by atoms with E-state index in [0.717, 1.165) is 89.9 Å². The molecule has 424 valence electrons. The van der Waals surface area contributed by atoms with E-state index in [1.807, 2.05) is 34.3 Å². The number of ether oxygens (including phenoxy) is 4. The van der Waals surface area contributed by atoms with Gasteiger partial charge < -0.3 is 73.6 Å². The lowest BCUT2D eigenvalue weighted by molar-refractivity contribution is -0.883. The molecule has 0 aromatic heterocycles. The van der Waals surface area contributed by atoms with Crippen molar-refractivity contribution >= 4 is 35.7 Å². The summed E-state index contributed by atoms with van der Waals surface area (Å²) in [4.78, 5) is 70.6. The lowest BCUT2D eigenvalue weighted by atomic mass is 10.0. The van der Waals surface area contributed by atoms with Gasteiger partial charge in [-0.3, -0.25) is 19.2 Å². The monoisotopic (exact) mass is 1070 g/mol. The number of aliphatic hydroxyl groups is 2. The first-order valence-corrected chi connectivity index (χ1v) is 26.7. The number of aliphatic hydroxyl groups excluding tert-OH is 2. The quantitative estimate of drug-likeness (QED) is 0.0227. The molecule has 0 aliphatic carbocycles. The van der Waals surface area contributed by atoms with Crippen LogP contribution in [-0.4, -0.2) is 160 Å². The first-order valence-electron chi connectivity index (χ1n) is 26.7. The molecular formula is C54H102Cl2N4O12. The second-order valence-electron chi connectivity index (χ2n) is 19.9. The van der Waals surface area contributed by atoms with Gasteiger partial charge in [0.2, 0.25) is 11.8 Å². The zero-order valence-corrected chi connectivity index (χ0v) is 47.8. The molecule has 0 radical (unpaired) electrons. The third-order valence-electron chi connectivity index (χ3n) is 11.7. The van der Waals surface area contributed by atoms with E-state index >= 15 is 0 Å². The number of nitrogens with zero attached hydrogens (tertiary/aromatic N) is 2. The van der Waals surface area contributed by atoms with Gasteiger partial charge in [-0.1, -0.05) is 110 Å². The highest BCUT2D eigenvalue weighted by Crippen LogP contribution is 2.17. The Bertz CT molecular complexity index is 1450. The average molecular weight is 1070 g/mol. The van der Waals surface area contributed by atoms with Crippen LogP contribution < -0.4 is 35.4 Å². The minimum atomic E-state index is -0.753. The van der Waals surface area contributed by atoms with Crippen molar-refractivity contribution in [2.45, 2.75) is 207 Å². The molecule has 0 rings (SSSR count). The molecule has 72 heavy (non-hydrogen) atoms. The Kier molecular flexibility index (Phi) is 50.8. The maximum Gasteiger partial charge on any atom is 0.362 e. The predicted octanol–water partition coefficient (Wildman–Crippen LogP) is 1.81. The summed E-state index contributed by atoms with van der Waals surface area (Å²) in [5.74, 6) is -1.29. The molecule has 18 heteroatoms. The van der Waals surface area contributed by atoms with Gasteiger partial charge in [-0.15, -0.1) is 6.58 Å². The SMILES string of the molecule is C=CCC(O)C(CCCCC)OC(=O)C[N+](C)(C)CCOC(C)=O.CCCCCCCC(=O)NCCNC(=O)CCCCCCCC=CCC(O)C(CCCCC)OC(=O)C[N+](C)(C)CCOC(C)=O.[Cl-].[Cl-]. The van der Waals surface area contributed by atoms with Gasteiger partial charge >= 0.3 is 23.9 Å². The molecule has 0 bridgehead atoms. The standard InChI is InChI=1S/C36H67N3O7.C18H34NO5.2ClH/c1-6-8-10-15-20-24-34(42)37-26-27-38-35(43)25-21-17-14-12-11-13-16-19-22-32(41)33(23-18-9-7-2)46-36(44)30-39(4,5)28-29-45-31(3)40;1-6-8-9-11-17(16(21)10-7-2)24-18(22)14-19(4,5)12-13-23-15(3)20;;/h16,19,32-33,41H,6-15,17-18,20-30H2,1-5H3,(H-,37,38,42,43);7,16-17,21H,2,6,8-14H2,1,3-5H3;2*1H/q;+1;;/p-1. The van der Waals surface area contributed by atoms with E-state index in [4.69, 9.17) is 18.9 Å². The van der Waals surface area contributed by atoms with Crippen molar-refractivity contribution in [3.8, 4) is 0 Å². The third kappa shape index (κ3) is 49.0. The fraction of sp³-hybridized carbons (Fsp3) is 0.815. The van der Waals surface area contributed by atoms with Crippen molar-refractivity contribution < 1.29 is 91.7 Å². The van der Waals surface area contributed by atoms with Crippen LogP contribution in [0.3, 0.4) is 0 Å². The van der Waals surface area contributed by atoms with Gasteiger partial charge in [0.25, 0.3) is 0 Å². The van der Waals surface area contributed by atoms with E-state index in [2.05, 4.69) is 44.1 Å². The molecule has 2 amide bonds. The minimum Gasteiger partial charge on any atom is -1.00 e. The Morgan fingerprint density at radius 1 is 0.542 bits per heavy atom. The van der Waals surface area contributed by atoms with Crippen molar-refractivity contribution in [3.05, 3.63) is 24.8 Å². The van der Waals surface area contributed by atoms with Crippen LogP contribution in [0.5, 0.6) is 0 Å². The zero-order valence-electron chi connectivity index (χ0n) is 46.3. The van der Waals surface area contributed by atoms with E-state index in [1.165, 1.54) is 33.1 Å². The third-order valence-corrected chi connectivity index (χ3v) is 11.7. The van der Waals surface area contributed by atoms with Crippen LogP contribution in [0.1, 0.15) is 182 Å². The number of nitrogens with one attached hydrogen (secondary N) is 2. The van der Waals surface area contributed by atoms with Crippen LogP contribution in [0.4, 0.5) is 0 Å². The first-order chi connectivity index (χ1) is 33.2. The Morgan fingerprint density at radius 2 is 0.917 bits per heavy atom. The van der Waals surface area contributed by atoms with Gasteiger partial charge in [-0.2, -0.15) is 0 Å². The van der Waals surface area contributed by atoms with Crippen molar-refractivity contribution in [3.63, 3.8) is 0 Å². The maximum atomic E-state index is 12.7. The number of rotatable bonds is 43. The van der Waals surface area contributed by atoms with Crippen LogP contribution in [0.2, 0.25) is 0 Å². The molecule has 0 fully saturated rings. The molecule has 0 aromatic rings. The summed E-state index contributed by atoms with van der Waals surface area (Å²) in [7, 11) is 7.51. The summed E-state index contributed by atoms with van der Waals surface area (Å²) in [6, 6.07) is 0. The molecule has 0 saturated heterocycles. The molecule has 16 nitrogen and oxygen atoms in total. The molecule has 0 aromatic carbocycles. The maximum absolute atomic E-state index is 12.7. The number of carbonyl (C=O) groups is 6. The number of unbranched alkanes of at least 4 members (excludes halogenated alkanes) is 13. The van der Waals surface area contributed by atoms with Crippen molar-refractivity contribution in [2.75, 3.05) is 80.7 Å². The van der Waals surface area contributed by atoms with Gasteiger partial charge in [-0.05, 0) is 64.2 Å². The summed E-state index contributed by atoms with van der Waals surface area (Å²) in [5, 5.41) is 26.7. The normalized spacial score (nSPS) is 12.9. The van der Waals surface area contributed by atoms with E-state index in [-0.39, 0.29) is 86.8 Å². The Labute approximate surface area is 448 Å². The molecule has 0 aliphatic heterocycles. The Morgan fingerprint density at radius 3 is 1.32 bits per heavy atom. The first kappa shape index (κ1) is 75.2. The fourth-order valence-corrected chi connectivity index (χ4v) is 7.37. The molecule has 0 heterocycles. The summed E-state index contributed by atoms with van der Waals surface area (Å²) in [5.41, 5.74) is 0. The number of allylic oxidation sites excluding steroid dienone is 1. The van der Waals surface area contributed by atoms with Crippen LogP contribution in [-0.2, 0) is 47.7 Å². The van der Waals surface area contributed by atoms with E-state index < -0.39 is 24.4 Å². The highest BCUT2D eigenvalue weighted by molar-refractivity contribution is 5.77. The average Bonchev–Trinajstić information content (AvgIpc) is 3.27. The fourth-order valence-electron chi connectivity index (χ4n) is 7.37. The number of hydrogen-bond acceptors (Lipinski definition) is 12. The number of quaternary nitrogens is 2. The highest BCUT2D eigenvalue weighted by Gasteiger charge is 2.29. The highest BCUT2D eigenvalue weighted by atomic mass is 35.5. The minimum absolute atomic E-state index is 0. The largest absolute Gasteiger partial charge is 1.00 e. The van der Waals surface area contributed by atoms with Gasteiger partial charge in [0.1, 0.15) is 38.5 Å². The van der Waals surface area contributed by atoms with E-state index in [9.17, 15) is 39.0 Å². The Balaban J connectivity index is -0.000000751. The van der Waals surface area contributed by atoms with Crippen LogP contribution >= 0.6 is 0 Å². The van der Waals surface area contributed by atoms with Crippen molar-refractivity contribution in [1.82, 2.24) is 10.6 Å².